The van der Waals surface area contributed by atoms with E-state index in [2.05, 4.69) is 261 Å². The van der Waals surface area contributed by atoms with Gasteiger partial charge in [0.2, 0.25) is 0 Å². The van der Waals surface area contributed by atoms with Crippen LogP contribution >= 0.6 is 0 Å². The first-order valence-electron chi connectivity index (χ1n) is 23.4. The lowest BCUT2D eigenvalue weighted by molar-refractivity contribution is 0.549. The first kappa shape index (κ1) is 39.1. The van der Waals surface area contributed by atoms with Gasteiger partial charge in [0.05, 0.1) is 16.9 Å². The van der Waals surface area contributed by atoms with E-state index in [1.165, 1.54) is 89.3 Å². The number of allylic oxidation sites excluding steroid dienone is 6. The smallest absolute Gasteiger partial charge is 0.0720 e. The Morgan fingerprint density at radius 2 is 0.969 bits per heavy atom. The summed E-state index contributed by atoms with van der Waals surface area (Å²) in [6, 6.07) is 76.0. The summed E-state index contributed by atoms with van der Waals surface area (Å²) in [4.78, 5) is 2.57. The van der Waals surface area contributed by atoms with Crippen molar-refractivity contribution in [2.24, 2.45) is 11.8 Å². The van der Waals surface area contributed by atoms with E-state index in [4.69, 9.17) is 0 Å². The molecule has 65 heavy (non-hydrogen) atoms. The van der Waals surface area contributed by atoms with Gasteiger partial charge in [-0.3, -0.25) is 0 Å². The van der Waals surface area contributed by atoms with E-state index in [9.17, 15) is 0 Å². The van der Waals surface area contributed by atoms with Gasteiger partial charge in [0, 0.05) is 11.4 Å². The maximum atomic E-state index is 2.57. The Balaban J connectivity index is 0.971. The van der Waals surface area contributed by atoms with Crippen molar-refractivity contribution >= 4 is 5.69 Å². The Bertz CT molecular complexity index is 3200. The largest absolute Gasteiger partial charge is 0.337 e. The van der Waals surface area contributed by atoms with Crippen LogP contribution < -0.4 is 4.90 Å². The monoisotopic (exact) mass is 833 g/mol. The van der Waals surface area contributed by atoms with Crippen LogP contribution in [0.3, 0.4) is 0 Å². The van der Waals surface area contributed by atoms with Crippen LogP contribution in [0, 0.1) is 11.8 Å². The Morgan fingerprint density at radius 3 is 1.66 bits per heavy atom. The van der Waals surface area contributed by atoms with Crippen molar-refractivity contribution in [1.82, 2.24) is 0 Å². The fourth-order valence-corrected chi connectivity index (χ4v) is 12.0. The summed E-state index contributed by atoms with van der Waals surface area (Å²) in [5.74, 6) is 0.870. The number of anilines is 1. The van der Waals surface area contributed by atoms with Gasteiger partial charge in [0.25, 0.3) is 0 Å². The molecule has 1 heteroatoms. The lowest BCUT2D eigenvalue weighted by atomic mass is 9.51. The molecule has 0 saturated carbocycles. The topological polar surface area (TPSA) is 3.24 Å². The highest BCUT2D eigenvalue weighted by molar-refractivity contribution is 5.92. The molecule has 0 aromatic heterocycles. The minimum atomic E-state index is -0.585. The quantitative estimate of drug-likeness (QED) is 0.147. The van der Waals surface area contributed by atoms with Gasteiger partial charge >= 0.3 is 0 Å². The van der Waals surface area contributed by atoms with E-state index in [1.807, 2.05) is 0 Å². The highest BCUT2D eigenvalue weighted by Crippen LogP contribution is 2.65. The van der Waals surface area contributed by atoms with Crippen LogP contribution in [-0.2, 0) is 10.8 Å². The second-order valence-electron chi connectivity index (χ2n) is 18.4. The molecule has 4 aliphatic carbocycles. The van der Waals surface area contributed by atoms with E-state index in [-0.39, 0.29) is 6.04 Å². The van der Waals surface area contributed by atoms with Crippen molar-refractivity contribution in [3.63, 3.8) is 0 Å². The molecule has 0 radical (unpaired) electrons. The third-order valence-electron chi connectivity index (χ3n) is 15.0. The zero-order chi connectivity index (χ0) is 43.5. The lowest BCUT2D eigenvalue weighted by Crippen LogP contribution is -2.44. The molecule has 0 aliphatic heterocycles. The number of rotatable bonds is 8. The molecule has 0 N–H and O–H groups in total. The molecule has 8 aromatic rings. The number of benzene rings is 8. The van der Waals surface area contributed by atoms with E-state index in [0.29, 0.717) is 11.8 Å². The standard InChI is InChI=1S/C64H51N/c1-44-19-9-15-33-60(44)65(61-34-16-10-20-45(61)2)53-41-39-47(40-42-53)46-35-37-48(38-36-46)49-21-17-26-52(43-49)63(50-22-5-3-6-23-50)57-30-13-14-31-58(57)64(51-24-7-4-8-25-51)56-29-12-11-27-54(56)55-28-18-32-59(63)62(55)64/h3-19,21-45,60H,20H2,1-2H3. The van der Waals surface area contributed by atoms with Crippen LogP contribution in [0.4, 0.5) is 5.69 Å². The number of hydrogen-bond acceptors (Lipinski definition) is 1. The van der Waals surface area contributed by atoms with Gasteiger partial charge in [-0.15, -0.1) is 0 Å². The summed E-state index contributed by atoms with van der Waals surface area (Å²) in [6.07, 6.45) is 16.9. The van der Waals surface area contributed by atoms with Gasteiger partial charge in [-0.25, -0.2) is 0 Å². The summed E-state index contributed by atoms with van der Waals surface area (Å²) < 4.78 is 0. The highest BCUT2D eigenvalue weighted by Gasteiger charge is 2.57. The van der Waals surface area contributed by atoms with Crippen LogP contribution in [-0.4, -0.2) is 6.04 Å². The molecule has 312 valence electrons. The fraction of sp³-hybridized carbons (Fsp3) is 0.125. The molecule has 5 unspecified atom stereocenters. The third-order valence-corrected chi connectivity index (χ3v) is 15.0. The first-order valence-corrected chi connectivity index (χ1v) is 23.4. The highest BCUT2D eigenvalue weighted by atomic mass is 15.2. The molecular weight excluding hydrogens is 783 g/mol. The molecule has 12 rings (SSSR count). The minimum absolute atomic E-state index is 0.273. The Labute approximate surface area is 384 Å². The second-order valence-corrected chi connectivity index (χ2v) is 18.4. The van der Waals surface area contributed by atoms with Crippen molar-refractivity contribution in [2.75, 3.05) is 4.90 Å². The van der Waals surface area contributed by atoms with Crippen molar-refractivity contribution < 1.29 is 0 Å². The number of fused-ring (bicyclic) bond motifs is 5. The minimum Gasteiger partial charge on any atom is -0.337 e. The second kappa shape index (κ2) is 15.6. The molecule has 0 fully saturated rings. The normalized spacial score (nSPS) is 22.1. The fourth-order valence-electron chi connectivity index (χ4n) is 12.0. The summed E-state index contributed by atoms with van der Waals surface area (Å²) in [5, 5.41) is 0. The van der Waals surface area contributed by atoms with Crippen LogP contribution in [0.2, 0.25) is 0 Å². The van der Waals surface area contributed by atoms with E-state index < -0.39 is 10.8 Å². The number of hydrogen-bond donors (Lipinski definition) is 0. The van der Waals surface area contributed by atoms with Gasteiger partial charge in [-0.2, -0.15) is 0 Å². The molecule has 0 amide bonds. The van der Waals surface area contributed by atoms with E-state index in [1.54, 1.807) is 0 Å². The van der Waals surface area contributed by atoms with Crippen molar-refractivity contribution in [3.05, 3.63) is 293 Å². The van der Waals surface area contributed by atoms with Crippen LogP contribution in [0.5, 0.6) is 0 Å². The SMILES string of the molecule is CC1CC=CC=C1N(c1ccc(-c2ccc(-c3cccc(C4(c5ccccc5)c5ccccc5C5(c6ccccc6)c6ccccc6-c6cccc4c65)c3)cc2)cc1)C1C=CC=CC1C. The molecular formula is C64H51N. The summed E-state index contributed by atoms with van der Waals surface area (Å²) in [7, 11) is 0. The van der Waals surface area contributed by atoms with Crippen LogP contribution in [0.25, 0.3) is 33.4 Å². The van der Waals surface area contributed by atoms with E-state index >= 15 is 0 Å². The van der Waals surface area contributed by atoms with Gasteiger partial charge < -0.3 is 4.90 Å². The van der Waals surface area contributed by atoms with Crippen LogP contribution in [0.15, 0.2) is 248 Å². The summed E-state index contributed by atoms with van der Waals surface area (Å²) in [6.45, 7) is 4.67. The summed E-state index contributed by atoms with van der Waals surface area (Å²) in [5.41, 5.74) is 19.6. The van der Waals surface area contributed by atoms with Gasteiger partial charge in [0.15, 0.2) is 0 Å². The first-order chi connectivity index (χ1) is 32.1. The van der Waals surface area contributed by atoms with Crippen LogP contribution in [0.1, 0.15) is 64.8 Å². The van der Waals surface area contributed by atoms with Crippen molar-refractivity contribution in [2.45, 2.75) is 37.1 Å². The summed E-state index contributed by atoms with van der Waals surface area (Å²) >= 11 is 0. The zero-order valence-electron chi connectivity index (χ0n) is 37.0. The van der Waals surface area contributed by atoms with Crippen molar-refractivity contribution in [3.8, 4) is 33.4 Å². The van der Waals surface area contributed by atoms with Gasteiger partial charge in [-0.05, 0) is 120 Å². The average molecular weight is 834 g/mol. The molecule has 0 heterocycles. The molecule has 1 nitrogen and oxygen atoms in total. The lowest BCUT2D eigenvalue weighted by Gasteiger charge is -2.49. The van der Waals surface area contributed by atoms with Gasteiger partial charge in [-0.1, -0.05) is 232 Å². The predicted octanol–water partition coefficient (Wildman–Crippen LogP) is 15.5. The third kappa shape index (κ3) is 5.92. The molecule has 4 aliphatic rings. The molecule has 0 saturated heterocycles. The molecule has 0 spiro atoms. The Hall–Kier alpha value is -7.48. The average Bonchev–Trinajstić information content (AvgIpc) is 3.68. The van der Waals surface area contributed by atoms with Gasteiger partial charge in [0.1, 0.15) is 0 Å². The van der Waals surface area contributed by atoms with Crippen molar-refractivity contribution in [1.29, 1.82) is 0 Å². The van der Waals surface area contributed by atoms with E-state index in [0.717, 1.165) is 6.42 Å². The Kier molecular flexibility index (Phi) is 9.42. The maximum absolute atomic E-state index is 2.57. The molecule has 8 aromatic carbocycles. The predicted molar refractivity (Wildman–Crippen MR) is 271 cm³/mol. The Morgan fingerprint density at radius 1 is 0.431 bits per heavy atom. The maximum Gasteiger partial charge on any atom is 0.0720 e. The zero-order valence-corrected chi connectivity index (χ0v) is 37.0. The molecule has 5 atom stereocenters. The number of nitrogens with zero attached hydrogens (tertiary/aromatic N) is 1. The molecule has 0 bridgehead atoms.